The first kappa shape index (κ1) is 11.4. The lowest BCUT2D eigenvalue weighted by atomic mass is 10.1. The second kappa shape index (κ2) is 5.95. The molecule has 0 aliphatic rings. The third-order valence-electron chi connectivity index (χ3n) is 1.73. The van der Waals surface area contributed by atoms with Crippen LogP contribution >= 0.6 is 24.8 Å². The van der Waals surface area contributed by atoms with Crippen molar-refractivity contribution < 1.29 is 9.90 Å². The van der Waals surface area contributed by atoms with Crippen molar-refractivity contribution in [3.63, 3.8) is 0 Å². The van der Waals surface area contributed by atoms with Crippen molar-refractivity contribution in [2.45, 2.75) is 11.7 Å². The van der Waals surface area contributed by atoms with Crippen molar-refractivity contribution in [2.24, 2.45) is 0 Å². The van der Waals surface area contributed by atoms with Crippen LogP contribution in [0.1, 0.15) is 5.56 Å². The van der Waals surface area contributed by atoms with E-state index in [2.05, 4.69) is 16.9 Å². The van der Waals surface area contributed by atoms with Crippen LogP contribution in [0, 0.1) is 0 Å². The summed E-state index contributed by atoms with van der Waals surface area (Å²) in [5.41, 5.74) is 1.01. The first-order valence-electron chi connectivity index (χ1n) is 4.05. The molecule has 0 fully saturated rings. The van der Waals surface area contributed by atoms with Crippen molar-refractivity contribution in [3.05, 3.63) is 35.9 Å². The normalized spacial score (nSPS) is 12.4. The Labute approximate surface area is 92.6 Å². The SMILES string of the molecule is O=C(O)C(Cc1ccccc1)SNS. The summed E-state index contributed by atoms with van der Waals surface area (Å²) >= 11 is 4.86. The Hall–Kier alpha value is -0.650. The Morgan fingerprint density at radius 2 is 2.14 bits per heavy atom. The van der Waals surface area contributed by atoms with E-state index in [1.165, 1.54) is 0 Å². The molecule has 0 aromatic heterocycles. The fraction of sp³-hybridized carbons (Fsp3) is 0.222. The van der Waals surface area contributed by atoms with Gasteiger partial charge in [-0.15, -0.1) is 0 Å². The maximum Gasteiger partial charge on any atom is 0.318 e. The largest absolute Gasteiger partial charge is 0.480 e. The molecular weight excluding hydrogens is 218 g/mol. The average molecular weight is 229 g/mol. The van der Waals surface area contributed by atoms with E-state index in [0.717, 1.165) is 17.5 Å². The number of aliphatic carboxylic acids is 1. The van der Waals surface area contributed by atoms with Crippen molar-refractivity contribution >= 4 is 30.7 Å². The quantitative estimate of drug-likeness (QED) is 0.532. The van der Waals surface area contributed by atoms with Gasteiger partial charge in [0, 0.05) is 0 Å². The number of hydrogen-bond acceptors (Lipinski definition) is 4. The van der Waals surface area contributed by atoms with Crippen molar-refractivity contribution in [3.8, 4) is 0 Å². The molecule has 0 heterocycles. The molecule has 0 radical (unpaired) electrons. The van der Waals surface area contributed by atoms with E-state index < -0.39 is 11.2 Å². The predicted molar refractivity (Wildman–Crippen MR) is 61.3 cm³/mol. The van der Waals surface area contributed by atoms with Gasteiger partial charge in [0.25, 0.3) is 0 Å². The zero-order valence-electron chi connectivity index (χ0n) is 7.38. The smallest absolute Gasteiger partial charge is 0.318 e. The summed E-state index contributed by atoms with van der Waals surface area (Å²) in [6.07, 6.45) is 0.494. The molecule has 0 saturated carbocycles. The lowest BCUT2D eigenvalue weighted by molar-refractivity contribution is -0.136. The summed E-state index contributed by atoms with van der Waals surface area (Å²) in [5, 5.41) is 8.37. The van der Waals surface area contributed by atoms with Crippen molar-refractivity contribution in [2.75, 3.05) is 0 Å². The van der Waals surface area contributed by atoms with Crippen molar-refractivity contribution in [1.82, 2.24) is 4.13 Å². The standard InChI is InChI=1S/C9H11NO2S2/c11-9(12)8(14-10-13)6-7-4-2-1-3-5-7/h1-5,8,10,13H,6H2,(H,11,12). The van der Waals surface area contributed by atoms with E-state index >= 15 is 0 Å². The molecule has 1 unspecified atom stereocenters. The van der Waals surface area contributed by atoms with Gasteiger partial charge in [-0.2, -0.15) is 0 Å². The summed E-state index contributed by atoms with van der Waals surface area (Å²) in [4.78, 5) is 10.8. The Balaban J connectivity index is 2.60. The molecule has 76 valence electrons. The Morgan fingerprint density at radius 1 is 1.50 bits per heavy atom. The lowest BCUT2D eigenvalue weighted by Gasteiger charge is -2.09. The molecule has 0 aliphatic heterocycles. The second-order valence-corrected chi connectivity index (χ2v) is 4.26. The van der Waals surface area contributed by atoms with Gasteiger partial charge >= 0.3 is 5.97 Å². The number of thiol groups is 1. The van der Waals surface area contributed by atoms with E-state index in [1.54, 1.807) is 0 Å². The van der Waals surface area contributed by atoms with Crippen LogP contribution in [0.4, 0.5) is 0 Å². The molecule has 0 aliphatic carbocycles. The highest BCUT2D eigenvalue weighted by atomic mass is 32.2. The number of carboxylic acids is 1. The summed E-state index contributed by atoms with van der Waals surface area (Å²) in [7, 11) is 0. The molecule has 3 nitrogen and oxygen atoms in total. The van der Waals surface area contributed by atoms with E-state index in [4.69, 9.17) is 5.11 Å². The van der Waals surface area contributed by atoms with Crippen molar-refractivity contribution in [1.29, 1.82) is 0 Å². The van der Waals surface area contributed by atoms with Crippen LogP contribution in [-0.2, 0) is 11.2 Å². The minimum atomic E-state index is -0.833. The van der Waals surface area contributed by atoms with Gasteiger partial charge in [-0.25, -0.2) is 4.13 Å². The molecule has 1 aromatic carbocycles. The molecule has 0 amide bonds. The molecule has 0 bridgehead atoms. The van der Waals surface area contributed by atoms with E-state index in [1.807, 2.05) is 30.3 Å². The van der Waals surface area contributed by atoms with Crippen LogP contribution < -0.4 is 4.13 Å². The molecule has 2 N–H and O–H groups in total. The van der Waals surface area contributed by atoms with E-state index in [0.29, 0.717) is 6.42 Å². The van der Waals surface area contributed by atoms with Crippen LogP contribution in [-0.4, -0.2) is 16.3 Å². The van der Waals surface area contributed by atoms with E-state index in [-0.39, 0.29) is 0 Å². The molecule has 5 heteroatoms. The lowest BCUT2D eigenvalue weighted by Crippen LogP contribution is -2.21. The molecule has 1 rings (SSSR count). The van der Waals surface area contributed by atoms with Crippen LogP contribution in [0.2, 0.25) is 0 Å². The third kappa shape index (κ3) is 3.61. The number of nitrogens with one attached hydrogen (secondary N) is 1. The highest BCUT2D eigenvalue weighted by Gasteiger charge is 2.17. The number of carboxylic acid groups (broad SMARTS) is 1. The summed E-state index contributed by atoms with van der Waals surface area (Å²) in [5.74, 6) is -0.833. The maximum atomic E-state index is 10.8. The minimum absolute atomic E-state index is 0.494. The third-order valence-corrected chi connectivity index (χ3v) is 2.81. The van der Waals surface area contributed by atoms with Gasteiger partial charge < -0.3 is 5.11 Å². The minimum Gasteiger partial charge on any atom is -0.480 e. The summed E-state index contributed by atoms with van der Waals surface area (Å²) in [6, 6.07) is 9.52. The second-order valence-electron chi connectivity index (χ2n) is 2.73. The van der Waals surface area contributed by atoms with Crippen LogP contribution in [0.5, 0.6) is 0 Å². The summed E-state index contributed by atoms with van der Waals surface area (Å²) in [6.45, 7) is 0. The first-order chi connectivity index (χ1) is 6.74. The van der Waals surface area contributed by atoms with E-state index in [9.17, 15) is 4.79 Å². The number of benzene rings is 1. The van der Waals surface area contributed by atoms with Gasteiger partial charge in [-0.3, -0.25) is 4.79 Å². The van der Waals surface area contributed by atoms with Gasteiger partial charge in [0.2, 0.25) is 0 Å². The fourth-order valence-corrected chi connectivity index (χ4v) is 1.96. The number of carbonyl (C=O) groups is 1. The monoisotopic (exact) mass is 229 g/mol. The van der Waals surface area contributed by atoms with Crippen LogP contribution in [0.25, 0.3) is 0 Å². The molecular formula is C9H11NO2S2. The Bertz CT molecular complexity index is 292. The van der Waals surface area contributed by atoms with Gasteiger partial charge in [0.15, 0.2) is 0 Å². The van der Waals surface area contributed by atoms with Crippen LogP contribution in [0.15, 0.2) is 30.3 Å². The van der Waals surface area contributed by atoms with Gasteiger partial charge in [0.1, 0.15) is 5.25 Å². The zero-order chi connectivity index (χ0) is 10.4. The highest BCUT2D eigenvalue weighted by Crippen LogP contribution is 2.14. The average Bonchev–Trinajstić information content (AvgIpc) is 2.18. The topological polar surface area (TPSA) is 49.3 Å². The number of hydrogen-bond donors (Lipinski definition) is 3. The van der Waals surface area contributed by atoms with Gasteiger partial charge in [-0.1, -0.05) is 55.1 Å². The molecule has 1 atom stereocenters. The number of rotatable bonds is 5. The Morgan fingerprint density at radius 3 is 2.64 bits per heavy atom. The van der Waals surface area contributed by atoms with Crippen LogP contribution in [0.3, 0.4) is 0 Å². The molecule has 1 aromatic rings. The zero-order valence-corrected chi connectivity index (χ0v) is 9.09. The molecule has 14 heavy (non-hydrogen) atoms. The predicted octanol–water partition coefficient (Wildman–Crippen LogP) is 1.76. The Kier molecular flexibility index (Phi) is 4.86. The maximum absolute atomic E-state index is 10.8. The fourth-order valence-electron chi connectivity index (χ4n) is 1.07. The first-order valence-corrected chi connectivity index (χ1v) is 5.38. The molecule has 0 saturated heterocycles. The van der Waals surface area contributed by atoms with Gasteiger partial charge in [-0.05, 0) is 12.0 Å². The van der Waals surface area contributed by atoms with Gasteiger partial charge in [0.05, 0.1) is 0 Å². The highest BCUT2D eigenvalue weighted by molar-refractivity contribution is 8.07. The molecule has 0 spiro atoms. The summed E-state index contributed by atoms with van der Waals surface area (Å²) < 4.78 is 2.50.